The zero-order valence-corrected chi connectivity index (χ0v) is 19.8. The van der Waals surface area contributed by atoms with Crippen LogP contribution in [0.1, 0.15) is 49.7 Å². The van der Waals surface area contributed by atoms with Crippen molar-refractivity contribution in [3.05, 3.63) is 34.9 Å². The number of anilines is 1. The monoisotopic (exact) mass is 484 g/mol. The highest BCUT2D eigenvalue weighted by molar-refractivity contribution is 7.88. The van der Waals surface area contributed by atoms with Gasteiger partial charge in [-0.2, -0.15) is 5.10 Å². The van der Waals surface area contributed by atoms with Crippen molar-refractivity contribution in [2.45, 2.75) is 56.9 Å². The molecule has 2 aliphatic rings. The second-order valence-corrected chi connectivity index (χ2v) is 10.6. The molecule has 0 bridgehead atoms. The number of piperidine rings is 1. The molecule has 0 amide bonds. The number of ether oxygens (including phenoxy) is 1. The largest absolute Gasteiger partial charge is 0.387 e. The molecule has 0 radical (unpaired) electrons. The van der Waals surface area contributed by atoms with Crippen LogP contribution in [-0.4, -0.2) is 71.4 Å². The number of halogens is 1. The number of fused-ring (bicyclic) bond motifs is 1. The Bertz CT molecular complexity index is 1020. The van der Waals surface area contributed by atoms with E-state index in [2.05, 4.69) is 24.7 Å². The maximum atomic E-state index is 11.9. The Balaban J connectivity index is 1.46. The van der Waals surface area contributed by atoms with Crippen molar-refractivity contribution in [1.82, 2.24) is 24.5 Å². The van der Waals surface area contributed by atoms with Gasteiger partial charge in [0.2, 0.25) is 16.0 Å². The second-order valence-electron chi connectivity index (χ2n) is 8.44. The van der Waals surface area contributed by atoms with Crippen molar-refractivity contribution >= 4 is 27.6 Å². The van der Waals surface area contributed by atoms with Gasteiger partial charge in [0.05, 0.1) is 41.8 Å². The number of hydrogen-bond acceptors (Lipinski definition) is 8. The van der Waals surface area contributed by atoms with E-state index in [4.69, 9.17) is 16.3 Å². The van der Waals surface area contributed by atoms with E-state index >= 15 is 0 Å². The average molecular weight is 485 g/mol. The number of sulfonamides is 1. The third kappa shape index (κ3) is 5.23. The van der Waals surface area contributed by atoms with Crippen molar-refractivity contribution in [3.63, 3.8) is 0 Å². The highest BCUT2D eigenvalue weighted by Crippen LogP contribution is 2.35. The quantitative estimate of drug-likeness (QED) is 0.605. The number of aliphatic hydroxyl groups is 1. The van der Waals surface area contributed by atoms with Gasteiger partial charge in [-0.15, -0.1) is 0 Å². The lowest BCUT2D eigenvalue weighted by molar-refractivity contribution is 0.00582. The predicted molar refractivity (Wildman–Crippen MR) is 120 cm³/mol. The van der Waals surface area contributed by atoms with Gasteiger partial charge >= 0.3 is 0 Å². The molecule has 2 aromatic heterocycles. The molecule has 32 heavy (non-hydrogen) atoms. The van der Waals surface area contributed by atoms with Gasteiger partial charge in [-0.3, -0.25) is 4.68 Å². The summed E-state index contributed by atoms with van der Waals surface area (Å²) in [5.41, 5.74) is 1.21. The Morgan fingerprint density at radius 2 is 1.97 bits per heavy atom. The predicted octanol–water partition coefficient (Wildman–Crippen LogP) is 1.47. The van der Waals surface area contributed by atoms with Crippen LogP contribution in [0.5, 0.6) is 0 Å². The van der Waals surface area contributed by atoms with Gasteiger partial charge in [0, 0.05) is 31.5 Å². The molecule has 12 heteroatoms. The van der Waals surface area contributed by atoms with E-state index in [0.29, 0.717) is 30.2 Å². The summed E-state index contributed by atoms with van der Waals surface area (Å²) in [5.74, 6) is 0.720. The fourth-order valence-electron chi connectivity index (χ4n) is 4.40. The minimum absolute atomic E-state index is 0.0430. The van der Waals surface area contributed by atoms with Crippen LogP contribution in [0.2, 0.25) is 5.02 Å². The summed E-state index contributed by atoms with van der Waals surface area (Å²) < 4.78 is 34.6. The van der Waals surface area contributed by atoms with E-state index in [-0.39, 0.29) is 18.2 Å². The van der Waals surface area contributed by atoms with E-state index in [9.17, 15) is 13.5 Å². The first kappa shape index (κ1) is 23.4. The molecule has 2 N–H and O–H groups in total. The van der Waals surface area contributed by atoms with E-state index in [1.54, 1.807) is 30.1 Å². The molecule has 3 atom stereocenters. The zero-order valence-electron chi connectivity index (χ0n) is 18.2. The van der Waals surface area contributed by atoms with Gasteiger partial charge in [-0.05, 0) is 38.7 Å². The Morgan fingerprint density at radius 1 is 1.28 bits per heavy atom. The SMILES string of the molecule is CC(O)c1nn2c(c1Cl)CCC(NS(C)(=O)=O)C2COC1CCN(c2ncccn2)CC1. The molecule has 10 nitrogen and oxygen atoms in total. The number of aromatic nitrogens is 4. The smallest absolute Gasteiger partial charge is 0.225 e. The molecule has 0 saturated carbocycles. The van der Waals surface area contributed by atoms with Crippen LogP contribution in [0.4, 0.5) is 5.95 Å². The van der Waals surface area contributed by atoms with Gasteiger partial charge in [0.1, 0.15) is 5.69 Å². The number of aliphatic hydroxyl groups excluding tert-OH is 1. The van der Waals surface area contributed by atoms with E-state index in [1.807, 2.05) is 0 Å². The lowest BCUT2D eigenvalue weighted by Crippen LogP contribution is -2.47. The maximum absolute atomic E-state index is 11.9. The van der Waals surface area contributed by atoms with Crippen LogP contribution in [0.25, 0.3) is 0 Å². The van der Waals surface area contributed by atoms with Crippen molar-refractivity contribution < 1.29 is 18.3 Å². The molecule has 2 aromatic rings. The number of nitrogens with one attached hydrogen (secondary N) is 1. The Labute approximate surface area is 193 Å². The zero-order chi connectivity index (χ0) is 22.9. The normalized spacial score (nSPS) is 23.2. The summed E-state index contributed by atoms with van der Waals surface area (Å²) in [6.45, 7) is 3.48. The molecule has 4 heterocycles. The van der Waals surface area contributed by atoms with Crippen LogP contribution < -0.4 is 9.62 Å². The topological polar surface area (TPSA) is 122 Å². The van der Waals surface area contributed by atoms with Gasteiger partial charge in [-0.1, -0.05) is 11.6 Å². The Kier molecular flexibility index (Phi) is 7.01. The minimum atomic E-state index is -3.41. The third-order valence-electron chi connectivity index (χ3n) is 5.98. The molecule has 3 unspecified atom stereocenters. The summed E-state index contributed by atoms with van der Waals surface area (Å²) in [6.07, 6.45) is 6.64. The van der Waals surface area contributed by atoms with Gasteiger partial charge in [-0.25, -0.2) is 23.1 Å². The lowest BCUT2D eigenvalue weighted by atomic mass is 9.98. The van der Waals surface area contributed by atoms with Crippen LogP contribution in [0.15, 0.2) is 18.5 Å². The summed E-state index contributed by atoms with van der Waals surface area (Å²) >= 11 is 6.47. The number of nitrogens with zero attached hydrogens (tertiary/aromatic N) is 5. The molecule has 2 aliphatic heterocycles. The second kappa shape index (κ2) is 9.60. The highest BCUT2D eigenvalue weighted by atomic mass is 35.5. The van der Waals surface area contributed by atoms with Crippen molar-refractivity contribution in [2.24, 2.45) is 0 Å². The average Bonchev–Trinajstić information content (AvgIpc) is 3.10. The number of hydrogen-bond donors (Lipinski definition) is 2. The van der Waals surface area contributed by atoms with E-state index in [1.165, 1.54) is 0 Å². The molecular weight excluding hydrogens is 456 g/mol. The molecular formula is C20H29ClN6O4S. The fourth-order valence-corrected chi connectivity index (χ4v) is 5.60. The molecule has 0 spiro atoms. The first-order valence-electron chi connectivity index (χ1n) is 10.8. The summed E-state index contributed by atoms with van der Waals surface area (Å²) in [7, 11) is -3.41. The Hall–Kier alpha value is -1.79. The van der Waals surface area contributed by atoms with Crippen LogP contribution in [0, 0.1) is 0 Å². The summed E-state index contributed by atoms with van der Waals surface area (Å²) in [5, 5.41) is 15.0. The Morgan fingerprint density at radius 3 is 2.59 bits per heavy atom. The molecule has 4 rings (SSSR count). The van der Waals surface area contributed by atoms with Crippen LogP contribution in [0.3, 0.4) is 0 Å². The standard InChI is InChI=1S/C20H29ClN6O4S/c1-13(28)19-18(21)16-5-4-15(25-32(2,29)30)17(27(16)24-19)12-31-14-6-10-26(11-7-14)20-22-8-3-9-23-20/h3,8-9,13-15,17,25,28H,4-7,10-12H2,1-2H3. The first-order valence-corrected chi connectivity index (χ1v) is 13.1. The van der Waals surface area contributed by atoms with Gasteiger partial charge in [0.25, 0.3) is 0 Å². The van der Waals surface area contributed by atoms with Gasteiger partial charge < -0.3 is 14.7 Å². The first-order chi connectivity index (χ1) is 15.2. The van der Waals surface area contributed by atoms with E-state index < -0.39 is 16.1 Å². The molecule has 0 aliphatic carbocycles. The van der Waals surface area contributed by atoms with Crippen molar-refractivity contribution in [3.8, 4) is 0 Å². The third-order valence-corrected chi connectivity index (χ3v) is 7.12. The van der Waals surface area contributed by atoms with Crippen molar-refractivity contribution in [2.75, 3.05) is 30.9 Å². The molecule has 0 aromatic carbocycles. The van der Waals surface area contributed by atoms with E-state index in [0.717, 1.165) is 43.8 Å². The maximum Gasteiger partial charge on any atom is 0.225 e. The van der Waals surface area contributed by atoms with Crippen molar-refractivity contribution in [1.29, 1.82) is 0 Å². The van der Waals surface area contributed by atoms with Crippen LogP contribution >= 0.6 is 11.6 Å². The summed E-state index contributed by atoms with van der Waals surface area (Å²) in [6, 6.07) is 1.07. The minimum Gasteiger partial charge on any atom is -0.387 e. The lowest BCUT2D eigenvalue weighted by Gasteiger charge is -2.36. The fraction of sp³-hybridized carbons (Fsp3) is 0.650. The molecule has 176 valence electrons. The van der Waals surface area contributed by atoms with Gasteiger partial charge in [0.15, 0.2) is 0 Å². The molecule has 1 saturated heterocycles. The van der Waals surface area contributed by atoms with Crippen LogP contribution in [-0.2, 0) is 21.2 Å². The summed E-state index contributed by atoms with van der Waals surface area (Å²) in [4.78, 5) is 10.7. The number of rotatable bonds is 7. The highest BCUT2D eigenvalue weighted by Gasteiger charge is 2.36. The molecule has 1 fully saturated rings.